The number of nitrogens with one attached hydrogen (secondary N) is 2. The van der Waals surface area contributed by atoms with E-state index >= 15 is 0 Å². The second kappa shape index (κ2) is 10.2. The van der Waals surface area contributed by atoms with Crippen molar-refractivity contribution in [2.75, 3.05) is 38.0 Å². The average molecular weight is 466 g/mol. The van der Waals surface area contributed by atoms with Crippen molar-refractivity contribution in [1.82, 2.24) is 15.0 Å². The zero-order valence-corrected chi connectivity index (χ0v) is 18.5. The minimum absolute atomic E-state index is 0.0851. The maximum Gasteiger partial charge on any atom is 0.279 e. The van der Waals surface area contributed by atoms with E-state index in [0.29, 0.717) is 10.8 Å². The number of anilines is 2. The fraction of sp³-hybridized carbons (Fsp3) is 0.263. The van der Waals surface area contributed by atoms with Gasteiger partial charge in [0.05, 0.1) is 20.8 Å². The molecule has 10 nitrogen and oxygen atoms in total. The van der Waals surface area contributed by atoms with Crippen molar-refractivity contribution in [2.24, 2.45) is 0 Å². The van der Waals surface area contributed by atoms with Crippen LogP contribution in [-0.2, 0) is 0 Å². The fourth-order valence-electron chi connectivity index (χ4n) is 2.43. The normalized spacial score (nSPS) is 10.5. The Balaban J connectivity index is 1.79. The number of benzene rings is 1. The first-order chi connectivity index (χ1) is 14.9. The van der Waals surface area contributed by atoms with Crippen molar-refractivity contribution in [3.8, 4) is 22.7 Å². The molecule has 0 bridgehead atoms. The summed E-state index contributed by atoms with van der Waals surface area (Å²) < 4.78 is 16.3. The van der Waals surface area contributed by atoms with Gasteiger partial charge in [-0.25, -0.2) is 0 Å². The van der Waals surface area contributed by atoms with Gasteiger partial charge in [-0.3, -0.25) is 4.79 Å². The van der Waals surface area contributed by atoms with E-state index in [9.17, 15) is 4.79 Å². The van der Waals surface area contributed by atoms with Crippen molar-refractivity contribution in [1.29, 1.82) is 0 Å². The molecule has 3 rings (SSSR count). The monoisotopic (exact) mass is 465 g/mol. The van der Waals surface area contributed by atoms with Gasteiger partial charge < -0.3 is 30.0 Å². The van der Waals surface area contributed by atoms with Gasteiger partial charge in [-0.2, -0.15) is 15.0 Å². The van der Waals surface area contributed by atoms with Gasteiger partial charge in [0.1, 0.15) is 11.4 Å². The molecule has 12 heteroatoms. The second-order valence-electron chi connectivity index (χ2n) is 6.06. The number of carbonyl (C=O) groups excluding carboxylic acids is 1. The first kappa shape index (κ1) is 22.5. The van der Waals surface area contributed by atoms with Gasteiger partial charge >= 0.3 is 0 Å². The van der Waals surface area contributed by atoms with Crippen molar-refractivity contribution in [3.63, 3.8) is 0 Å². The van der Waals surface area contributed by atoms with Gasteiger partial charge in [0, 0.05) is 16.9 Å². The molecule has 0 aliphatic heterocycles. The molecule has 3 aromatic rings. The van der Waals surface area contributed by atoms with Gasteiger partial charge in [-0.05, 0) is 24.6 Å². The predicted molar refractivity (Wildman–Crippen MR) is 117 cm³/mol. The number of halogens is 1. The third-order valence-corrected chi connectivity index (χ3v) is 4.88. The summed E-state index contributed by atoms with van der Waals surface area (Å²) in [5.41, 5.74) is 1.16. The standard InChI is InChI=1S/C19H20ClN5O5S/c1-10-4-5-11(20)8-13(10)30-19-22-12(9-31-19)15(27)23-14-16(28-2)24-18(21-6-7-26)25-17(14)29-3/h4-5,8-9,26H,6-7H2,1-3H3,(H,23,27)(H,21,24,25). The summed E-state index contributed by atoms with van der Waals surface area (Å²) >= 11 is 7.18. The first-order valence-corrected chi connectivity index (χ1v) is 10.3. The van der Waals surface area contributed by atoms with E-state index in [1.54, 1.807) is 17.5 Å². The SMILES string of the molecule is COc1nc(NCCO)nc(OC)c1NC(=O)c1csc(Oc2cc(Cl)ccc2C)n1. The summed E-state index contributed by atoms with van der Waals surface area (Å²) in [6.45, 7) is 2.02. The summed E-state index contributed by atoms with van der Waals surface area (Å²) in [6, 6.07) is 5.27. The number of aliphatic hydroxyl groups is 1. The minimum Gasteiger partial charge on any atom is -0.479 e. The van der Waals surface area contributed by atoms with Crippen LogP contribution in [0.1, 0.15) is 16.1 Å². The second-order valence-corrected chi connectivity index (χ2v) is 7.31. The highest BCUT2D eigenvalue weighted by Gasteiger charge is 2.21. The van der Waals surface area contributed by atoms with Crippen LogP contribution in [-0.4, -0.2) is 53.3 Å². The number of amides is 1. The van der Waals surface area contributed by atoms with Crippen LogP contribution < -0.4 is 24.8 Å². The van der Waals surface area contributed by atoms with E-state index < -0.39 is 5.91 Å². The largest absolute Gasteiger partial charge is 0.479 e. The summed E-state index contributed by atoms with van der Waals surface area (Å²) in [7, 11) is 2.80. The number of thiazole rings is 1. The summed E-state index contributed by atoms with van der Waals surface area (Å²) in [4.78, 5) is 25.3. The number of ether oxygens (including phenoxy) is 3. The molecule has 0 radical (unpaired) electrons. The third-order valence-electron chi connectivity index (χ3n) is 3.93. The van der Waals surface area contributed by atoms with Crippen molar-refractivity contribution >= 4 is 40.5 Å². The number of carbonyl (C=O) groups is 1. The molecule has 0 spiro atoms. The van der Waals surface area contributed by atoms with E-state index in [1.165, 1.54) is 14.2 Å². The lowest BCUT2D eigenvalue weighted by Crippen LogP contribution is -2.16. The van der Waals surface area contributed by atoms with Crippen LogP contribution >= 0.6 is 22.9 Å². The Labute approximate surface area is 187 Å². The lowest BCUT2D eigenvalue weighted by Gasteiger charge is -2.14. The van der Waals surface area contributed by atoms with Gasteiger partial charge in [0.25, 0.3) is 11.1 Å². The first-order valence-electron chi connectivity index (χ1n) is 9.00. The number of aromatic nitrogens is 3. The molecule has 1 amide bonds. The summed E-state index contributed by atoms with van der Waals surface area (Å²) in [5.74, 6) is 0.382. The maximum atomic E-state index is 12.7. The number of nitrogens with zero attached hydrogens (tertiary/aromatic N) is 3. The Hall–Kier alpha value is -3.15. The van der Waals surface area contributed by atoms with Crippen LogP contribution in [0.3, 0.4) is 0 Å². The molecular formula is C19H20ClN5O5S. The van der Waals surface area contributed by atoms with Crippen LogP contribution in [0.4, 0.5) is 11.6 Å². The summed E-state index contributed by atoms with van der Waals surface area (Å²) in [5, 5.41) is 16.8. The highest BCUT2D eigenvalue weighted by atomic mass is 35.5. The molecule has 164 valence electrons. The quantitative estimate of drug-likeness (QED) is 0.435. The third kappa shape index (κ3) is 5.51. The molecule has 0 aliphatic rings. The Morgan fingerprint density at radius 2 is 1.90 bits per heavy atom. The van der Waals surface area contributed by atoms with Crippen molar-refractivity contribution < 1.29 is 24.1 Å². The van der Waals surface area contributed by atoms with Crippen LogP contribution in [0.15, 0.2) is 23.6 Å². The number of aryl methyl sites for hydroxylation is 1. The lowest BCUT2D eigenvalue weighted by molar-refractivity contribution is 0.102. The Morgan fingerprint density at radius 1 is 1.19 bits per heavy atom. The molecule has 0 aliphatic carbocycles. The molecule has 0 saturated carbocycles. The van der Waals surface area contributed by atoms with Crippen molar-refractivity contribution in [3.05, 3.63) is 39.9 Å². The molecule has 2 heterocycles. The summed E-state index contributed by atoms with van der Waals surface area (Å²) in [6.07, 6.45) is 0. The van der Waals surface area contributed by atoms with E-state index in [0.717, 1.165) is 16.9 Å². The molecule has 3 N–H and O–H groups in total. The number of hydrogen-bond donors (Lipinski definition) is 3. The number of methoxy groups -OCH3 is 2. The Bertz CT molecular complexity index is 1050. The van der Waals surface area contributed by atoms with Gasteiger partial charge in [0.2, 0.25) is 17.7 Å². The molecule has 0 saturated heterocycles. The highest BCUT2D eigenvalue weighted by molar-refractivity contribution is 7.11. The topological polar surface area (TPSA) is 128 Å². The van der Waals surface area contributed by atoms with Crippen LogP contribution in [0.2, 0.25) is 5.02 Å². The molecule has 0 fully saturated rings. The van der Waals surface area contributed by atoms with Gasteiger partial charge in [-0.1, -0.05) is 29.0 Å². The van der Waals surface area contributed by atoms with Gasteiger partial charge in [-0.15, -0.1) is 0 Å². The minimum atomic E-state index is -0.523. The number of aliphatic hydroxyl groups excluding tert-OH is 1. The van der Waals surface area contributed by atoms with E-state index in [4.69, 9.17) is 30.9 Å². The Morgan fingerprint density at radius 3 is 2.55 bits per heavy atom. The molecule has 0 atom stereocenters. The number of hydrogen-bond acceptors (Lipinski definition) is 10. The van der Waals surface area contributed by atoms with E-state index in [-0.39, 0.29) is 47.4 Å². The zero-order valence-electron chi connectivity index (χ0n) is 16.9. The molecular weight excluding hydrogens is 446 g/mol. The van der Waals surface area contributed by atoms with E-state index in [1.807, 2.05) is 13.0 Å². The number of rotatable bonds is 9. The predicted octanol–water partition coefficient (Wildman–Crippen LogP) is 3.36. The molecule has 31 heavy (non-hydrogen) atoms. The highest BCUT2D eigenvalue weighted by Crippen LogP contribution is 2.34. The molecule has 1 aromatic carbocycles. The average Bonchev–Trinajstić information content (AvgIpc) is 3.23. The van der Waals surface area contributed by atoms with Crippen molar-refractivity contribution in [2.45, 2.75) is 6.92 Å². The van der Waals surface area contributed by atoms with Crippen LogP contribution in [0, 0.1) is 6.92 Å². The maximum absolute atomic E-state index is 12.7. The molecule has 2 aromatic heterocycles. The zero-order chi connectivity index (χ0) is 22.4. The smallest absolute Gasteiger partial charge is 0.279 e. The fourth-order valence-corrected chi connectivity index (χ4v) is 3.26. The Kier molecular flexibility index (Phi) is 7.45. The lowest BCUT2D eigenvalue weighted by atomic mass is 10.2. The van der Waals surface area contributed by atoms with Crippen LogP contribution in [0.25, 0.3) is 0 Å². The van der Waals surface area contributed by atoms with Gasteiger partial charge in [0.15, 0.2) is 5.69 Å². The molecule has 0 unspecified atom stereocenters. The van der Waals surface area contributed by atoms with Crippen LogP contribution in [0.5, 0.6) is 22.7 Å². The van der Waals surface area contributed by atoms with E-state index in [2.05, 4.69) is 25.6 Å².